The molecule has 1 unspecified atom stereocenters. The molecule has 0 N–H and O–H groups in total. The van der Waals surface area contributed by atoms with Crippen molar-refractivity contribution in [3.05, 3.63) is 54.1 Å². The highest BCUT2D eigenvalue weighted by Crippen LogP contribution is 2.16. The summed E-state index contributed by atoms with van der Waals surface area (Å²) in [6.45, 7) is 0.514. The van der Waals surface area contributed by atoms with Crippen LogP contribution in [0.2, 0.25) is 0 Å². The smallest absolute Gasteiger partial charge is 0.299 e. The van der Waals surface area contributed by atoms with Crippen molar-refractivity contribution in [3.8, 4) is 11.8 Å². The Morgan fingerprint density at radius 2 is 1.88 bits per heavy atom. The third-order valence-corrected chi connectivity index (χ3v) is 3.57. The van der Waals surface area contributed by atoms with Crippen LogP contribution in [-0.2, 0) is 4.79 Å². The van der Waals surface area contributed by atoms with Crippen LogP contribution in [0.5, 0.6) is 0 Å². The Balaban J connectivity index is 1.63. The largest absolute Gasteiger partial charge is 0.325 e. The monoisotopic (exact) mass is 328 g/mol. The van der Waals surface area contributed by atoms with Gasteiger partial charge >= 0.3 is 0 Å². The molecule has 1 aliphatic heterocycles. The molecule has 5 nitrogen and oxygen atoms in total. The Morgan fingerprint density at radius 1 is 1.17 bits per heavy atom. The molecule has 3 rings (SSSR count). The number of benzene rings is 1. The van der Waals surface area contributed by atoms with Crippen LogP contribution < -0.4 is 4.90 Å². The molecule has 1 aliphatic rings. The average Bonchev–Trinajstić information content (AvgIpc) is 2.61. The molecular weight excluding hydrogens is 314 g/mol. The maximum absolute atomic E-state index is 14.3. The van der Waals surface area contributed by atoms with E-state index in [4.69, 9.17) is 0 Å². The van der Waals surface area contributed by atoms with Crippen molar-refractivity contribution in [2.24, 2.45) is 0 Å². The van der Waals surface area contributed by atoms with Crippen molar-refractivity contribution in [2.75, 3.05) is 24.5 Å². The first-order chi connectivity index (χ1) is 11.6. The second-order valence-electron chi connectivity index (χ2n) is 5.18. The minimum absolute atomic E-state index is 0.102. The van der Waals surface area contributed by atoms with Crippen LogP contribution in [0, 0.1) is 17.7 Å². The van der Waals surface area contributed by atoms with Gasteiger partial charge < -0.3 is 9.80 Å². The zero-order valence-corrected chi connectivity index (χ0v) is 12.7. The number of halogens is 2. The predicted molar refractivity (Wildman–Crippen MR) is 84.1 cm³/mol. The van der Waals surface area contributed by atoms with Gasteiger partial charge in [-0.25, -0.2) is 18.7 Å². The SMILES string of the molecule is O=C(C#Cc1ccc(F)cc1)N1CCN(c2ncccn2)C(F)C1. The van der Waals surface area contributed by atoms with Gasteiger partial charge in [-0.05, 0) is 30.3 Å². The Morgan fingerprint density at radius 3 is 2.54 bits per heavy atom. The number of carbonyl (C=O) groups excluding carboxylic acids is 1. The Labute approximate surface area is 137 Å². The van der Waals surface area contributed by atoms with E-state index in [0.29, 0.717) is 18.1 Å². The molecule has 0 radical (unpaired) electrons. The fourth-order valence-electron chi connectivity index (χ4n) is 2.33. The molecule has 122 valence electrons. The predicted octanol–water partition coefficient (Wildman–Crippen LogP) is 1.61. The Kier molecular flexibility index (Phi) is 4.66. The lowest BCUT2D eigenvalue weighted by atomic mass is 10.2. The third kappa shape index (κ3) is 3.66. The molecule has 1 fully saturated rings. The van der Waals surface area contributed by atoms with E-state index in [1.807, 2.05) is 0 Å². The number of nitrogens with zero attached hydrogens (tertiary/aromatic N) is 4. The van der Waals surface area contributed by atoms with Crippen molar-refractivity contribution in [3.63, 3.8) is 0 Å². The maximum Gasteiger partial charge on any atom is 0.299 e. The fraction of sp³-hybridized carbons (Fsp3) is 0.235. The van der Waals surface area contributed by atoms with Gasteiger partial charge in [0.15, 0.2) is 6.30 Å². The number of piperazine rings is 1. The first-order valence-electron chi connectivity index (χ1n) is 7.38. The number of alkyl halides is 1. The number of hydrogen-bond donors (Lipinski definition) is 0. The number of amides is 1. The van der Waals surface area contributed by atoms with E-state index >= 15 is 0 Å². The third-order valence-electron chi connectivity index (χ3n) is 3.57. The molecule has 7 heteroatoms. The highest BCUT2D eigenvalue weighted by Gasteiger charge is 2.30. The zero-order chi connectivity index (χ0) is 16.9. The van der Waals surface area contributed by atoms with E-state index in [1.165, 1.54) is 34.1 Å². The number of hydrogen-bond acceptors (Lipinski definition) is 4. The molecule has 24 heavy (non-hydrogen) atoms. The second-order valence-corrected chi connectivity index (χ2v) is 5.18. The first kappa shape index (κ1) is 15.9. The van der Waals surface area contributed by atoms with E-state index in [2.05, 4.69) is 21.8 Å². The molecular formula is C17H14F2N4O. The molecule has 0 spiro atoms. The van der Waals surface area contributed by atoms with Gasteiger partial charge in [0.1, 0.15) is 5.82 Å². The summed E-state index contributed by atoms with van der Waals surface area (Å²) in [4.78, 5) is 22.9. The topological polar surface area (TPSA) is 49.3 Å². The van der Waals surface area contributed by atoms with Crippen molar-refractivity contribution in [1.29, 1.82) is 0 Å². The minimum atomic E-state index is -1.39. The molecule has 0 bridgehead atoms. The lowest BCUT2D eigenvalue weighted by molar-refractivity contribution is -0.126. The molecule has 0 aliphatic carbocycles. The molecule has 1 aromatic heterocycles. The summed E-state index contributed by atoms with van der Waals surface area (Å²) in [5.41, 5.74) is 0.526. The fourth-order valence-corrected chi connectivity index (χ4v) is 2.33. The summed E-state index contributed by atoms with van der Waals surface area (Å²) >= 11 is 0. The van der Waals surface area contributed by atoms with Crippen molar-refractivity contribution in [1.82, 2.24) is 14.9 Å². The van der Waals surface area contributed by atoms with Gasteiger partial charge in [0.2, 0.25) is 5.95 Å². The van der Waals surface area contributed by atoms with Crippen LogP contribution in [0.3, 0.4) is 0 Å². The van der Waals surface area contributed by atoms with Crippen LogP contribution in [0.1, 0.15) is 5.56 Å². The Bertz CT molecular complexity index is 771. The van der Waals surface area contributed by atoms with Crippen molar-refractivity contribution < 1.29 is 13.6 Å². The van der Waals surface area contributed by atoms with Crippen LogP contribution in [0.4, 0.5) is 14.7 Å². The standard InChI is InChI=1S/C17H14F2N4O/c18-14-5-2-13(3-6-14)4-7-16(24)22-10-11-23(15(19)12-22)17-20-8-1-9-21-17/h1-3,5-6,8-9,15H,10-12H2. The maximum atomic E-state index is 14.3. The van der Waals surface area contributed by atoms with Gasteiger partial charge in [0.05, 0.1) is 6.54 Å². The van der Waals surface area contributed by atoms with E-state index in [1.54, 1.807) is 18.5 Å². The lowest BCUT2D eigenvalue weighted by Crippen LogP contribution is -2.53. The minimum Gasteiger partial charge on any atom is -0.325 e. The Hall–Kier alpha value is -3.01. The van der Waals surface area contributed by atoms with E-state index in [-0.39, 0.29) is 18.9 Å². The molecule has 0 saturated carbocycles. The van der Waals surface area contributed by atoms with E-state index in [0.717, 1.165) is 0 Å². The highest BCUT2D eigenvalue weighted by molar-refractivity contribution is 5.94. The summed E-state index contributed by atoms with van der Waals surface area (Å²) in [5.74, 6) is 4.59. The lowest BCUT2D eigenvalue weighted by Gasteiger charge is -2.36. The van der Waals surface area contributed by atoms with Gasteiger partial charge in [-0.2, -0.15) is 0 Å². The number of anilines is 1. The van der Waals surface area contributed by atoms with Gasteiger partial charge in [0, 0.05) is 37.0 Å². The molecule has 1 saturated heterocycles. The molecule has 2 heterocycles. The number of carbonyl (C=O) groups is 1. The molecule has 1 amide bonds. The molecule has 1 aromatic carbocycles. The number of aromatic nitrogens is 2. The van der Waals surface area contributed by atoms with E-state index in [9.17, 15) is 13.6 Å². The summed E-state index contributed by atoms with van der Waals surface area (Å²) in [6, 6.07) is 7.16. The number of rotatable bonds is 1. The average molecular weight is 328 g/mol. The van der Waals surface area contributed by atoms with Gasteiger partial charge in [-0.3, -0.25) is 4.79 Å². The van der Waals surface area contributed by atoms with Gasteiger partial charge in [0.25, 0.3) is 5.91 Å². The van der Waals surface area contributed by atoms with Crippen LogP contribution in [0.15, 0.2) is 42.7 Å². The summed E-state index contributed by atoms with van der Waals surface area (Å²) in [5, 5.41) is 0. The first-order valence-corrected chi connectivity index (χ1v) is 7.38. The quantitative estimate of drug-likeness (QED) is 0.589. The summed E-state index contributed by atoms with van der Waals surface area (Å²) in [7, 11) is 0. The van der Waals surface area contributed by atoms with Crippen molar-refractivity contribution >= 4 is 11.9 Å². The van der Waals surface area contributed by atoms with Gasteiger partial charge in [-0.15, -0.1) is 0 Å². The normalized spacial score (nSPS) is 17.2. The summed E-state index contributed by atoms with van der Waals surface area (Å²) in [6.07, 6.45) is 1.69. The van der Waals surface area contributed by atoms with Gasteiger partial charge in [-0.1, -0.05) is 5.92 Å². The van der Waals surface area contributed by atoms with E-state index < -0.39 is 12.2 Å². The molecule has 1 atom stereocenters. The van der Waals surface area contributed by atoms with Crippen molar-refractivity contribution in [2.45, 2.75) is 6.30 Å². The molecule has 2 aromatic rings. The van der Waals surface area contributed by atoms with Crippen LogP contribution >= 0.6 is 0 Å². The summed E-state index contributed by atoms with van der Waals surface area (Å²) < 4.78 is 27.1. The second kappa shape index (κ2) is 7.04. The zero-order valence-electron chi connectivity index (χ0n) is 12.7. The van der Waals surface area contributed by atoms with Crippen LogP contribution in [-0.4, -0.2) is 46.7 Å². The van der Waals surface area contributed by atoms with Crippen LogP contribution in [0.25, 0.3) is 0 Å². The highest BCUT2D eigenvalue weighted by atomic mass is 19.1.